The minimum atomic E-state index is -1.07. The second kappa shape index (κ2) is 18.6. The molecular formula is C29H46N4O4S. The van der Waals surface area contributed by atoms with Crippen LogP contribution in [-0.4, -0.2) is 102 Å². The van der Waals surface area contributed by atoms with E-state index in [9.17, 15) is 14.4 Å². The number of amides is 2. The number of benzene rings is 2. The van der Waals surface area contributed by atoms with E-state index in [-0.39, 0.29) is 24.4 Å². The molecule has 2 aromatic rings. The number of thioether (sulfide) groups is 1. The van der Waals surface area contributed by atoms with E-state index in [4.69, 9.17) is 5.11 Å². The topological polar surface area (TPSA) is 93.2 Å². The van der Waals surface area contributed by atoms with Crippen LogP contribution in [0, 0.1) is 0 Å². The first kappa shape index (κ1) is 33.4. The van der Waals surface area contributed by atoms with Gasteiger partial charge in [-0.1, -0.05) is 63.2 Å². The number of aliphatic carboxylic acids is 1. The summed E-state index contributed by atoms with van der Waals surface area (Å²) < 4.78 is 0. The van der Waals surface area contributed by atoms with Crippen LogP contribution < -0.4 is 5.32 Å². The van der Waals surface area contributed by atoms with Crippen LogP contribution in [0.1, 0.15) is 39.2 Å². The van der Waals surface area contributed by atoms with Crippen molar-refractivity contribution in [3.8, 4) is 0 Å². The van der Waals surface area contributed by atoms with Crippen molar-refractivity contribution in [3.05, 3.63) is 48.0 Å². The van der Waals surface area contributed by atoms with Crippen LogP contribution in [0.5, 0.6) is 0 Å². The zero-order chi connectivity index (χ0) is 28.5. The summed E-state index contributed by atoms with van der Waals surface area (Å²) in [7, 11) is 3.76. The largest absolute Gasteiger partial charge is 0.480 e. The van der Waals surface area contributed by atoms with Crippen LogP contribution in [0.2, 0.25) is 0 Å². The number of carboxylic acid groups (broad SMARTS) is 1. The lowest BCUT2D eigenvalue weighted by Gasteiger charge is -2.31. The molecule has 1 fully saturated rings. The van der Waals surface area contributed by atoms with E-state index < -0.39 is 12.5 Å². The maximum absolute atomic E-state index is 12.7. The molecule has 0 bridgehead atoms. The first-order valence-electron chi connectivity index (χ1n) is 13.4. The summed E-state index contributed by atoms with van der Waals surface area (Å²) in [6.07, 6.45) is 3.93. The second-order valence-electron chi connectivity index (χ2n) is 9.18. The van der Waals surface area contributed by atoms with Crippen molar-refractivity contribution in [2.75, 3.05) is 58.8 Å². The Morgan fingerprint density at radius 3 is 2.37 bits per heavy atom. The summed E-state index contributed by atoms with van der Waals surface area (Å²) in [4.78, 5) is 41.8. The summed E-state index contributed by atoms with van der Waals surface area (Å²) in [5.74, 6) is -0.0788. The molecule has 2 N–H and O–H groups in total. The lowest BCUT2D eigenvalue weighted by Crippen LogP contribution is -2.48. The van der Waals surface area contributed by atoms with Crippen molar-refractivity contribution >= 4 is 40.3 Å². The van der Waals surface area contributed by atoms with E-state index >= 15 is 0 Å². The molecule has 0 spiro atoms. The Morgan fingerprint density at radius 1 is 1.08 bits per heavy atom. The third-order valence-electron chi connectivity index (χ3n) is 5.98. The lowest BCUT2D eigenvalue weighted by molar-refractivity contribution is -0.138. The molecule has 1 aliphatic heterocycles. The van der Waals surface area contributed by atoms with Gasteiger partial charge >= 0.3 is 5.97 Å². The standard InChI is InChI=1S/C24H32N4O4.C3H8S.C2H6/c1-26(2)17-23(30)28-12-6-10-20(28)15-27(16-22(29)25-13-24(31)32)14-19-9-5-8-18-7-3-4-11-21(18)19;1-3-4-2;1-2/h3-5,7-9,11,20H,6,10,12-17H2,1-2H3,(H,25,29)(H,31,32);3H2,1-2H3;1-2H3. The van der Waals surface area contributed by atoms with Crippen LogP contribution in [0.4, 0.5) is 0 Å². The van der Waals surface area contributed by atoms with Gasteiger partial charge in [-0.15, -0.1) is 0 Å². The molecule has 1 aliphatic rings. The highest BCUT2D eigenvalue weighted by Crippen LogP contribution is 2.23. The summed E-state index contributed by atoms with van der Waals surface area (Å²) in [6.45, 7) is 7.99. The molecule has 0 radical (unpaired) electrons. The molecule has 9 heteroatoms. The van der Waals surface area contributed by atoms with Gasteiger partial charge in [-0.05, 0) is 55.3 Å². The number of hydrogen-bond donors (Lipinski definition) is 2. The summed E-state index contributed by atoms with van der Waals surface area (Å²) >= 11 is 1.86. The minimum absolute atomic E-state index is 0.0321. The van der Waals surface area contributed by atoms with Crippen molar-refractivity contribution in [2.45, 2.75) is 46.2 Å². The maximum Gasteiger partial charge on any atom is 0.322 e. The molecule has 212 valence electrons. The number of likely N-dealkylation sites (N-methyl/N-ethyl adjacent to an activating group) is 1. The summed E-state index contributed by atoms with van der Waals surface area (Å²) in [5, 5.41) is 13.6. The molecule has 1 saturated heterocycles. The van der Waals surface area contributed by atoms with E-state index in [1.807, 2.05) is 78.7 Å². The number of nitrogens with zero attached hydrogens (tertiary/aromatic N) is 3. The maximum atomic E-state index is 12.7. The number of carbonyl (C=O) groups excluding carboxylic acids is 2. The first-order valence-corrected chi connectivity index (χ1v) is 14.7. The summed E-state index contributed by atoms with van der Waals surface area (Å²) in [5.41, 5.74) is 1.10. The highest BCUT2D eigenvalue weighted by Gasteiger charge is 2.30. The van der Waals surface area contributed by atoms with Crippen molar-refractivity contribution in [2.24, 2.45) is 0 Å². The van der Waals surface area contributed by atoms with Gasteiger partial charge in [0.2, 0.25) is 11.8 Å². The monoisotopic (exact) mass is 546 g/mol. The molecule has 2 amide bonds. The fourth-order valence-electron chi connectivity index (χ4n) is 4.30. The molecule has 38 heavy (non-hydrogen) atoms. The van der Waals surface area contributed by atoms with Crippen LogP contribution in [0.15, 0.2) is 42.5 Å². The number of nitrogens with one attached hydrogen (secondary N) is 1. The molecule has 1 heterocycles. The third-order valence-corrected chi connectivity index (χ3v) is 6.56. The molecule has 3 rings (SSSR count). The van der Waals surface area contributed by atoms with Gasteiger partial charge in [0.05, 0.1) is 13.1 Å². The molecule has 2 aromatic carbocycles. The van der Waals surface area contributed by atoms with Crippen LogP contribution in [-0.2, 0) is 20.9 Å². The molecule has 1 atom stereocenters. The Labute approximate surface area is 232 Å². The Morgan fingerprint density at radius 2 is 1.74 bits per heavy atom. The molecule has 0 aliphatic carbocycles. The van der Waals surface area contributed by atoms with Gasteiger partial charge in [0.1, 0.15) is 6.54 Å². The Bertz CT molecular complexity index is 994. The van der Waals surface area contributed by atoms with E-state index in [1.54, 1.807) is 0 Å². The van der Waals surface area contributed by atoms with Gasteiger partial charge in [-0.25, -0.2) is 0 Å². The normalized spacial score (nSPS) is 14.5. The molecule has 0 aromatic heterocycles. The number of likely N-dealkylation sites (tertiary alicyclic amines) is 1. The highest BCUT2D eigenvalue weighted by molar-refractivity contribution is 7.98. The van der Waals surface area contributed by atoms with Gasteiger partial charge in [0.15, 0.2) is 0 Å². The smallest absolute Gasteiger partial charge is 0.322 e. The van der Waals surface area contributed by atoms with Crippen LogP contribution in [0.25, 0.3) is 10.8 Å². The molecule has 1 unspecified atom stereocenters. The summed E-state index contributed by atoms with van der Waals surface area (Å²) in [6, 6.07) is 14.3. The SMILES string of the molecule is CC.CCSC.CN(C)CC(=O)N1CCCC1CN(CC(=O)NCC(=O)O)Cc1cccc2ccccc12. The van der Waals surface area contributed by atoms with Crippen molar-refractivity contribution in [1.29, 1.82) is 0 Å². The molecule has 0 saturated carbocycles. The first-order chi connectivity index (χ1) is 18.2. The van der Waals surface area contributed by atoms with E-state index in [0.29, 0.717) is 19.6 Å². The number of carbonyl (C=O) groups is 3. The predicted molar refractivity (Wildman–Crippen MR) is 159 cm³/mol. The quantitative estimate of drug-likeness (QED) is 0.443. The highest BCUT2D eigenvalue weighted by atomic mass is 32.2. The van der Waals surface area contributed by atoms with E-state index in [0.717, 1.165) is 35.7 Å². The average molecular weight is 547 g/mol. The van der Waals surface area contributed by atoms with Crippen LogP contribution in [0.3, 0.4) is 0 Å². The average Bonchev–Trinajstić information content (AvgIpc) is 3.37. The van der Waals surface area contributed by atoms with E-state index in [2.05, 4.69) is 36.7 Å². The zero-order valence-electron chi connectivity index (χ0n) is 23.9. The fourth-order valence-corrected chi connectivity index (χ4v) is 4.30. The van der Waals surface area contributed by atoms with E-state index in [1.165, 1.54) is 5.75 Å². The van der Waals surface area contributed by atoms with Crippen molar-refractivity contribution < 1.29 is 19.5 Å². The van der Waals surface area contributed by atoms with Gasteiger partial charge in [0, 0.05) is 25.7 Å². The Balaban J connectivity index is 0.00000110. The van der Waals surface area contributed by atoms with Crippen molar-refractivity contribution in [1.82, 2.24) is 20.0 Å². The second-order valence-corrected chi connectivity index (χ2v) is 10.3. The van der Waals surface area contributed by atoms with Crippen LogP contribution >= 0.6 is 11.8 Å². The Hall–Kier alpha value is -2.62. The number of fused-ring (bicyclic) bond motifs is 1. The predicted octanol–water partition coefficient (Wildman–Crippen LogP) is 3.79. The molecule has 8 nitrogen and oxygen atoms in total. The number of hydrogen-bond acceptors (Lipinski definition) is 6. The van der Waals surface area contributed by atoms with Gasteiger partial charge in [-0.3, -0.25) is 19.3 Å². The lowest BCUT2D eigenvalue weighted by atomic mass is 10.0. The Kier molecular flexibility index (Phi) is 16.4. The van der Waals surface area contributed by atoms with Gasteiger partial charge < -0.3 is 20.2 Å². The third kappa shape index (κ3) is 11.8. The van der Waals surface area contributed by atoms with Gasteiger partial charge in [0.25, 0.3) is 0 Å². The van der Waals surface area contributed by atoms with Crippen molar-refractivity contribution in [3.63, 3.8) is 0 Å². The fraction of sp³-hybridized carbons (Fsp3) is 0.552. The van der Waals surface area contributed by atoms with Gasteiger partial charge in [-0.2, -0.15) is 11.8 Å². The number of rotatable bonds is 11. The zero-order valence-corrected chi connectivity index (χ0v) is 24.7. The molecular weight excluding hydrogens is 500 g/mol. The number of carboxylic acids is 1. The minimum Gasteiger partial charge on any atom is -0.480 e.